The molecule has 0 aliphatic carbocycles. The number of hydrazine groups is 1. The molecule has 0 spiro atoms. The van der Waals surface area contributed by atoms with Gasteiger partial charge >= 0.3 is 0 Å². The van der Waals surface area contributed by atoms with Crippen molar-refractivity contribution in [3.05, 3.63) is 49.7 Å². The van der Waals surface area contributed by atoms with Crippen LogP contribution in [0.5, 0.6) is 0 Å². The van der Waals surface area contributed by atoms with Crippen LogP contribution in [-0.2, 0) is 13.5 Å². The summed E-state index contributed by atoms with van der Waals surface area (Å²) in [4.78, 5) is 0. The lowest BCUT2D eigenvalue weighted by Crippen LogP contribution is -2.30. The number of benzene rings is 1. The molecular weight excluding hydrogens is 363 g/mol. The van der Waals surface area contributed by atoms with Gasteiger partial charge in [0.05, 0.1) is 11.7 Å². The molecule has 0 aliphatic heterocycles. The number of aryl methyl sites for hydroxylation is 2. The van der Waals surface area contributed by atoms with Crippen LogP contribution in [0.2, 0.25) is 10.2 Å². The van der Waals surface area contributed by atoms with Crippen molar-refractivity contribution in [2.75, 3.05) is 0 Å². The van der Waals surface area contributed by atoms with Gasteiger partial charge in [0.2, 0.25) is 0 Å². The van der Waals surface area contributed by atoms with Crippen molar-refractivity contribution in [3.8, 4) is 0 Å². The molecule has 0 saturated carbocycles. The first-order chi connectivity index (χ1) is 9.43. The van der Waals surface area contributed by atoms with Gasteiger partial charge in [-0.15, -0.1) is 0 Å². The summed E-state index contributed by atoms with van der Waals surface area (Å²) in [7, 11) is 1.82. The van der Waals surface area contributed by atoms with Gasteiger partial charge in [-0.25, -0.2) is 0 Å². The summed E-state index contributed by atoms with van der Waals surface area (Å²) in [5, 5.41) is 5.62. The minimum absolute atomic E-state index is 0.0814. The van der Waals surface area contributed by atoms with E-state index in [0.717, 1.165) is 21.3 Å². The highest BCUT2D eigenvalue weighted by Gasteiger charge is 2.19. The first-order valence-electron chi connectivity index (χ1n) is 6.03. The maximum Gasteiger partial charge on any atom is 0.130 e. The molecule has 0 fully saturated rings. The predicted octanol–water partition coefficient (Wildman–Crippen LogP) is 3.54. The van der Waals surface area contributed by atoms with Crippen LogP contribution in [0, 0.1) is 6.92 Å². The Morgan fingerprint density at radius 1 is 1.45 bits per heavy atom. The highest BCUT2D eigenvalue weighted by molar-refractivity contribution is 9.10. The van der Waals surface area contributed by atoms with E-state index in [1.54, 1.807) is 4.68 Å². The van der Waals surface area contributed by atoms with Crippen LogP contribution in [0.3, 0.4) is 0 Å². The van der Waals surface area contributed by atoms with Gasteiger partial charge in [0, 0.05) is 22.1 Å². The number of nitrogens with two attached hydrogens (primary N) is 1. The average molecular weight is 378 g/mol. The van der Waals surface area contributed by atoms with E-state index in [4.69, 9.17) is 29.0 Å². The molecule has 0 aliphatic rings. The largest absolute Gasteiger partial charge is 0.271 e. The lowest BCUT2D eigenvalue weighted by molar-refractivity contribution is 0.549. The Labute approximate surface area is 136 Å². The van der Waals surface area contributed by atoms with E-state index >= 15 is 0 Å². The Bertz CT molecular complexity index is 627. The van der Waals surface area contributed by atoms with Gasteiger partial charge in [0.15, 0.2) is 0 Å². The molecule has 0 amide bonds. The Hall–Kier alpha value is -0.590. The minimum atomic E-state index is -0.0814. The normalized spacial score (nSPS) is 12.7. The van der Waals surface area contributed by atoms with Crippen LogP contribution in [0.4, 0.5) is 0 Å². The van der Waals surface area contributed by atoms with Gasteiger partial charge in [0.25, 0.3) is 0 Å². The lowest BCUT2D eigenvalue weighted by Gasteiger charge is -2.18. The molecule has 2 rings (SSSR count). The maximum absolute atomic E-state index is 6.27. The zero-order valence-corrected chi connectivity index (χ0v) is 14.2. The van der Waals surface area contributed by atoms with Crippen molar-refractivity contribution in [2.45, 2.75) is 19.4 Å². The quantitative estimate of drug-likeness (QED) is 0.632. The van der Waals surface area contributed by atoms with E-state index in [1.165, 1.54) is 0 Å². The fourth-order valence-electron chi connectivity index (χ4n) is 2.15. The van der Waals surface area contributed by atoms with Crippen LogP contribution in [0.15, 0.2) is 22.7 Å². The molecule has 0 radical (unpaired) electrons. The van der Waals surface area contributed by atoms with E-state index in [-0.39, 0.29) is 6.04 Å². The summed E-state index contributed by atoms with van der Waals surface area (Å²) in [6.07, 6.45) is 0.648. The van der Waals surface area contributed by atoms with Crippen molar-refractivity contribution in [2.24, 2.45) is 12.9 Å². The Morgan fingerprint density at radius 3 is 2.65 bits per heavy atom. The van der Waals surface area contributed by atoms with Crippen LogP contribution >= 0.6 is 39.1 Å². The number of hydrogen-bond acceptors (Lipinski definition) is 3. The standard InChI is InChI=1S/C13H15BrCl2N4/c1-7-10(13(16)20(2)19-7)6-12(18-17)9-4-3-8(15)5-11(9)14/h3-5,12,18H,6,17H2,1-2H3. The third-order valence-electron chi connectivity index (χ3n) is 3.22. The first-order valence-corrected chi connectivity index (χ1v) is 7.58. The number of nitrogens with one attached hydrogen (secondary N) is 1. The number of halogens is 3. The van der Waals surface area contributed by atoms with Gasteiger partial charge < -0.3 is 0 Å². The number of aromatic nitrogens is 2. The molecule has 1 heterocycles. The summed E-state index contributed by atoms with van der Waals surface area (Å²) in [5.74, 6) is 5.69. The minimum Gasteiger partial charge on any atom is -0.271 e. The molecule has 2 aromatic rings. The second kappa shape index (κ2) is 6.45. The Kier molecular flexibility index (Phi) is 5.09. The highest BCUT2D eigenvalue weighted by Crippen LogP contribution is 2.30. The Balaban J connectivity index is 2.33. The fourth-order valence-corrected chi connectivity index (χ4v) is 3.36. The van der Waals surface area contributed by atoms with Gasteiger partial charge in [-0.3, -0.25) is 16.0 Å². The zero-order chi connectivity index (χ0) is 14.9. The SMILES string of the molecule is Cc1nn(C)c(Cl)c1CC(NN)c1ccc(Cl)cc1Br. The highest BCUT2D eigenvalue weighted by atomic mass is 79.9. The van der Waals surface area contributed by atoms with E-state index in [1.807, 2.05) is 32.2 Å². The fraction of sp³-hybridized carbons (Fsp3) is 0.308. The van der Waals surface area contributed by atoms with Crippen molar-refractivity contribution >= 4 is 39.1 Å². The molecule has 0 bridgehead atoms. The smallest absolute Gasteiger partial charge is 0.130 e. The first kappa shape index (κ1) is 15.8. The third-order valence-corrected chi connectivity index (χ3v) is 4.61. The monoisotopic (exact) mass is 376 g/mol. The summed E-state index contributed by atoms with van der Waals surface area (Å²) in [6, 6.07) is 5.54. The molecule has 20 heavy (non-hydrogen) atoms. The summed E-state index contributed by atoms with van der Waals surface area (Å²) < 4.78 is 2.57. The molecule has 3 N–H and O–H groups in total. The lowest BCUT2D eigenvalue weighted by atomic mass is 10.00. The van der Waals surface area contributed by atoms with Crippen LogP contribution in [0.25, 0.3) is 0 Å². The molecule has 1 unspecified atom stereocenters. The topological polar surface area (TPSA) is 55.9 Å². The third kappa shape index (κ3) is 3.18. The maximum atomic E-state index is 6.27. The van der Waals surface area contributed by atoms with Crippen molar-refractivity contribution in [1.82, 2.24) is 15.2 Å². The van der Waals surface area contributed by atoms with Gasteiger partial charge in [-0.05, 0) is 31.0 Å². The second-order valence-electron chi connectivity index (χ2n) is 4.57. The van der Waals surface area contributed by atoms with E-state index in [0.29, 0.717) is 16.6 Å². The van der Waals surface area contributed by atoms with Crippen LogP contribution in [-0.4, -0.2) is 9.78 Å². The molecule has 4 nitrogen and oxygen atoms in total. The molecule has 108 valence electrons. The number of nitrogens with zero attached hydrogens (tertiary/aromatic N) is 2. The molecular formula is C13H15BrCl2N4. The predicted molar refractivity (Wildman–Crippen MR) is 85.9 cm³/mol. The van der Waals surface area contributed by atoms with Gasteiger partial charge in [-0.1, -0.05) is 45.2 Å². The number of hydrogen-bond donors (Lipinski definition) is 2. The van der Waals surface area contributed by atoms with E-state index < -0.39 is 0 Å². The summed E-state index contributed by atoms with van der Waals surface area (Å²) in [5.41, 5.74) is 5.74. The average Bonchev–Trinajstić information content (AvgIpc) is 2.62. The van der Waals surface area contributed by atoms with Gasteiger partial charge in [0.1, 0.15) is 5.15 Å². The molecule has 1 atom stereocenters. The molecule has 1 aromatic heterocycles. The van der Waals surface area contributed by atoms with Gasteiger partial charge in [-0.2, -0.15) is 5.10 Å². The molecule has 0 saturated heterocycles. The number of rotatable bonds is 4. The van der Waals surface area contributed by atoms with Crippen molar-refractivity contribution in [1.29, 1.82) is 0 Å². The van der Waals surface area contributed by atoms with E-state index in [2.05, 4.69) is 26.5 Å². The van der Waals surface area contributed by atoms with Crippen LogP contribution < -0.4 is 11.3 Å². The van der Waals surface area contributed by atoms with Crippen LogP contribution in [0.1, 0.15) is 22.9 Å². The summed E-state index contributed by atoms with van der Waals surface area (Å²) in [6.45, 7) is 1.94. The second-order valence-corrected chi connectivity index (χ2v) is 6.22. The molecule has 7 heteroatoms. The molecule has 1 aromatic carbocycles. The van der Waals surface area contributed by atoms with E-state index in [9.17, 15) is 0 Å². The zero-order valence-electron chi connectivity index (χ0n) is 11.1. The van der Waals surface area contributed by atoms with Crippen molar-refractivity contribution < 1.29 is 0 Å². The Morgan fingerprint density at radius 2 is 2.15 bits per heavy atom. The van der Waals surface area contributed by atoms with Crippen molar-refractivity contribution in [3.63, 3.8) is 0 Å². The summed E-state index contributed by atoms with van der Waals surface area (Å²) >= 11 is 15.7.